The fraction of sp³-hybridized carbons (Fsp3) is 0.654. The Morgan fingerprint density at radius 2 is 1.97 bits per heavy atom. The van der Waals surface area contributed by atoms with E-state index in [2.05, 4.69) is 19.1 Å². The first-order valence-electron chi connectivity index (χ1n) is 12.0. The van der Waals surface area contributed by atoms with Crippen LogP contribution in [0.5, 0.6) is 0 Å². The number of rotatable bonds is 14. The van der Waals surface area contributed by atoms with Crippen LogP contribution in [0.3, 0.4) is 0 Å². The number of benzene rings is 1. The molecule has 6 heteroatoms. The minimum Gasteiger partial charge on any atom is -0.463 e. The van der Waals surface area contributed by atoms with Gasteiger partial charge in [-0.05, 0) is 49.1 Å². The second-order valence-corrected chi connectivity index (χ2v) is 9.29. The number of hydrogen-bond acceptors (Lipinski definition) is 5. The molecule has 0 aliphatic heterocycles. The van der Waals surface area contributed by atoms with Crippen LogP contribution in [0.1, 0.15) is 87.9 Å². The molecule has 1 aromatic carbocycles. The van der Waals surface area contributed by atoms with Gasteiger partial charge in [0.25, 0.3) is 0 Å². The standard InChI is InChI=1S/C26H39ClO5/c1-2-3-6-10-23(29)19-12-14-20(15-13-19)26-21(22(27)18-24(26)30)9-7-4-5-8-11-25(31)32-17-16-28/h4,7,12-15,21-24,26,28-30H,2-3,5-6,8-11,16-18H2,1H3/b7-4-/t21?,22-,23?,24-,26?/m1/s1. The van der Waals surface area contributed by atoms with Crippen molar-refractivity contribution in [3.05, 3.63) is 47.5 Å². The van der Waals surface area contributed by atoms with E-state index in [1.807, 2.05) is 24.3 Å². The molecule has 1 aliphatic carbocycles. The Labute approximate surface area is 197 Å². The monoisotopic (exact) mass is 466 g/mol. The minimum atomic E-state index is -0.475. The van der Waals surface area contributed by atoms with Gasteiger partial charge in [-0.3, -0.25) is 4.79 Å². The smallest absolute Gasteiger partial charge is 0.305 e. The summed E-state index contributed by atoms with van der Waals surface area (Å²) in [4.78, 5) is 11.4. The van der Waals surface area contributed by atoms with Crippen molar-refractivity contribution in [2.75, 3.05) is 13.2 Å². The molecule has 1 saturated carbocycles. The van der Waals surface area contributed by atoms with Gasteiger partial charge in [0.05, 0.1) is 18.8 Å². The number of carbonyl (C=O) groups excluding carboxylic acids is 1. The zero-order chi connectivity index (χ0) is 23.3. The van der Waals surface area contributed by atoms with E-state index >= 15 is 0 Å². The molecule has 5 atom stereocenters. The second-order valence-electron chi connectivity index (χ2n) is 8.73. The zero-order valence-corrected chi connectivity index (χ0v) is 19.9. The molecule has 1 aromatic rings. The largest absolute Gasteiger partial charge is 0.463 e. The summed E-state index contributed by atoms with van der Waals surface area (Å²) in [5, 5.41) is 29.6. The summed E-state index contributed by atoms with van der Waals surface area (Å²) in [6.07, 6.45) is 10.4. The number of alkyl halides is 1. The van der Waals surface area contributed by atoms with Gasteiger partial charge in [0, 0.05) is 17.7 Å². The molecule has 0 heterocycles. The van der Waals surface area contributed by atoms with Crippen molar-refractivity contribution in [3.8, 4) is 0 Å². The maximum atomic E-state index is 11.4. The zero-order valence-electron chi connectivity index (χ0n) is 19.2. The van der Waals surface area contributed by atoms with Crippen LogP contribution in [0, 0.1) is 5.92 Å². The van der Waals surface area contributed by atoms with Gasteiger partial charge in [-0.25, -0.2) is 0 Å². The van der Waals surface area contributed by atoms with Gasteiger partial charge in [-0.2, -0.15) is 0 Å². The van der Waals surface area contributed by atoms with Gasteiger partial charge in [-0.1, -0.05) is 62.6 Å². The van der Waals surface area contributed by atoms with E-state index in [1.54, 1.807) is 0 Å². The molecule has 0 aromatic heterocycles. The van der Waals surface area contributed by atoms with E-state index in [-0.39, 0.29) is 36.4 Å². The third-order valence-electron chi connectivity index (χ3n) is 6.28. The van der Waals surface area contributed by atoms with Crippen molar-refractivity contribution in [1.29, 1.82) is 0 Å². The lowest BCUT2D eigenvalue weighted by Crippen LogP contribution is -2.18. The average molecular weight is 467 g/mol. The third kappa shape index (κ3) is 8.51. The second kappa shape index (κ2) is 14.7. The maximum Gasteiger partial charge on any atom is 0.305 e. The molecule has 1 fully saturated rings. The van der Waals surface area contributed by atoms with Crippen molar-refractivity contribution in [3.63, 3.8) is 0 Å². The highest BCUT2D eigenvalue weighted by Gasteiger charge is 2.41. The van der Waals surface area contributed by atoms with Gasteiger partial charge in [0.2, 0.25) is 0 Å². The highest BCUT2D eigenvalue weighted by Crippen LogP contribution is 2.45. The third-order valence-corrected chi connectivity index (χ3v) is 6.78. The summed E-state index contributed by atoms with van der Waals surface area (Å²) < 4.78 is 4.84. The van der Waals surface area contributed by atoms with Crippen LogP contribution in [-0.4, -0.2) is 46.0 Å². The van der Waals surface area contributed by atoms with Gasteiger partial charge < -0.3 is 20.1 Å². The summed E-state index contributed by atoms with van der Waals surface area (Å²) in [5.41, 5.74) is 1.99. The number of ether oxygens (including phenoxy) is 1. The first kappa shape index (κ1) is 26.8. The Bertz CT molecular complexity index is 690. The Hall–Kier alpha value is -1.40. The molecule has 2 rings (SSSR count). The van der Waals surface area contributed by atoms with Crippen molar-refractivity contribution in [1.82, 2.24) is 0 Å². The van der Waals surface area contributed by atoms with Crippen molar-refractivity contribution >= 4 is 17.6 Å². The molecule has 0 bridgehead atoms. The molecular weight excluding hydrogens is 428 g/mol. The van der Waals surface area contributed by atoms with Crippen LogP contribution in [0.25, 0.3) is 0 Å². The topological polar surface area (TPSA) is 87.0 Å². The first-order chi connectivity index (χ1) is 15.5. The normalized spacial score (nSPS) is 24.2. The minimum absolute atomic E-state index is 0.0260. The van der Waals surface area contributed by atoms with Crippen LogP contribution in [0.15, 0.2) is 36.4 Å². The van der Waals surface area contributed by atoms with Gasteiger partial charge in [0.1, 0.15) is 6.61 Å². The fourth-order valence-corrected chi connectivity index (χ4v) is 4.93. The van der Waals surface area contributed by atoms with E-state index in [4.69, 9.17) is 21.4 Å². The summed E-state index contributed by atoms with van der Waals surface area (Å²) >= 11 is 6.59. The fourth-order valence-electron chi connectivity index (χ4n) is 4.49. The number of unbranched alkanes of at least 4 members (excludes halogenated alkanes) is 3. The van der Waals surface area contributed by atoms with Gasteiger partial charge in [0.15, 0.2) is 0 Å². The predicted octanol–water partition coefficient (Wildman–Crippen LogP) is 5.02. The lowest BCUT2D eigenvalue weighted by atomic mass is 9.84. The van der Waals surface area contributed by atoms with Crippen LogP contribution in [0.2, 0.25) is 0 Å². The summed E-state index contributed by atoms with van der Waals surface area (Å²) in [7, 11) is 0. The van der Waals surface area contributed by atoms with E-state index in [0.717, 1.165) is 49.7 Å². The van der Waals surface area contributed by atoms with Gasteiger partial charge in [-0.15, -0.1) is 11.6 Å². The first-order valence-corrected chi connectivity index (χ1v) is 12.4. The maximum absolute atomic E-state index is 11.4. The molecule has 1 aliphatic rings. The predicted molar refractivity (Wildman–Crippen MR) is 128 cm³/mol. The van der Waals surface area contributed by atoms with Gasteiger partial charge >= 0.3 is 5.97 Å². The summed E-state index contributed by atoms with van der Waals surface area (Å²) in [6.45, 7) is 2.05. The number of aliphatic hydroxyl groups excluding tert-OH is 3. The molecule has 3 N–H and O–H groups in total. The molecule has 32 heavy (non-hydrogen) atoms. The van der Waals surface area contributed by atoms with Crippen LogP contribution < -0.4 is 0 Å². The molecular formula is C26H39ClO5. The lowest BCUT2D eigenvalue weighted by molar-refractivity contribution is -0.144. The number of aliphatic hydroxyl groups is 3. The molecule has 180 valence electrons. The Morgan fingerprint density at radius 1 is 1.22 bits per heavy atom. The highest BCUT2D eigenvalue weighted by atomic mass is 35.5. The van der Waals surface area contributed by atoms with Crippen LogP contribution >= 0.6 is 11.6 Å². The van der Waals surface area contributed by atoms with Crippen molar-refractivity contribution < 1.29 is 24.9 Å². The van der Waals surface area contributed by atoms with Crippen molar-refractivity contribution in [2.24, 2.45) is 5.92 Å². The highest BCUT2D eigenvalue weighted by molar-refractivity contribution is 6.21. The average Bonchev–Trinajstić information content (AvgIpc) is 3.07. The van der Waals surface area contributed by atoms with E-state index < -0.39 is 12.2 Å². The van der Waals surface area contributed by atoms with E-state index in [1.165, 1.54) is 0 Å². The lowest BCUT2D eigenvalue weighted by Gasteiger charge is -2.23. The molecule has 0 saturated heterocycles. The van der Waals surface area contributed by atoms with Crippen LogP contribution in [0.4, 0.5) is 0 Å². The van der Waals surface area contributed by atoms with Crippen LogP contribution in [-0.2, 0) is 9.53 Å². The summed E-state index contributed by atoms with van der Waals surface area (Å²) in [6, 6.07) is 8.00. The number of esters is 1. The molecule has 0 radical (unpaired) electrons. The number of halogens is 1. The Balaban J connectivity index is 1.88. The quantitative estimate of drug-likeness (QED) is 0.155. The Morgan fingerprint density at radius 3 is 2.66 bits per heavy atom. The number of allylic oxidation sites excluding steroid dienone is 2. The summed E-state index contributed by atoms with van der Waals surface area (Å²) in [5.74, 6) is -0.175. The SMILES string of the molecule is CCCCCC(O)c1ccc(C2C(C/C=C\CCCC(=O)OCCO)[C@H](Cl)C[C@H]2O)cc1. The molecule has 3 unspecified atom stereocenters. The molecule has 5 nitrogen and oxygen atoms in total. The number of carbonyl (C=O) groups is 1. The van der Waals surface area contributed by atoms with Crippen molar-refractivity contribution in [2.45, 2.75) is 88.2 Å². The molecule has 0 spiro atoms. The Kier molecular flexibility index (Phi) is 12.3. The molecule has 0 amide bonds. The van der Waals surface area contributed by atoms with E-state index in [9.17, 15) is 15.0 Å². The van der Waals surface area contributed by atoms with E-state index in [0.29, 0.717) is 19.3 Å². The number of hydrogen-bond donors (Lipinski definition) is 3.